The highest BCUT2D eigenvalue weighted by Gasteiger charge is 2.26. The van der Waals surface area contributed by atoms with E-state index in [0.717, 1.165) is 12.0 Å². The number of hydrogen-bond donors (Lipinski definition) is 1. The molecule has 2 rings (SSSR count). The van der Waals surface area contributed by atoms with Crippen molar-refractivity contribution in [2.75, 3.05) is 13.1 Å². The number of benzene rings is 1. The number of amides is 1. The Bertz CT molecular complexity index is 456. The number of carboxylic acids is 1. The largest absolute Gasteiger partial charge is 0.481 e. The molecule has 1 amide bonds. The number of carboxylic acid groups (broad SMARTS) is 1. The molecule has 0 aromatic heterocycles. The molecular formula is C13H15NO3. The van der Waals surface area contributed by atoms with Gasteiger partial charge in [0.2, 0.25) is 0 Å². The van der Waals surface area contributed by atoms with Crippen LogP contribution in [0.15, 0.2) is 24.3 Å². The molecule has 4 heteroatoms. The minimum absolute atomic E-state index is 0.0556. The molecule has 1 aliphatic heterocycles. The van der Waals surface area contributed by atoms with Crippen LogP contribution < -0.4 is 0 Å². The van der Waals surface area contributed by atoms with Crippen molar-refractivity contribution < 1.29 is 14.7 Å². The van der Waals surface area contributed by atoms with Crippen molar-refractivity contribution in [3.05, 3.63) is 35.4 Å². The van der Waals surface area contributed by atoms with E-state index in [4.69, 9.17) is 5.11 Å². The average Bonchev–Trinajstić information content (AvgIpc) is 2.33. The Hall–Kier alpha value is -1.84. The lowest BCUT2D eigenvalue weighted by molar-refractivity contribution is -0.141. The number of rotatable bonds is 3. The van der Waals surface area contributed by atoms with Crippen LogP contribution in [0.2, 0.25) is 0 Å². The van der Waals surface area contributed by atoms with E-state index in [2.05, 4.69) is 0 Å². The fourth-order valence-corrected chi connectivity index (χ4v) is 2.06. The van der Waals surface area contributed by atoms with Gasteiger partial charge in [-0.25, -0.2) is 0 Å². The number of aliphatic carboxylic acids is 1. The van der Waals surface area contributed by atoms with Gasteiger partial charge in [-0.1, -0.05) is 25.1 Å². The Labute approximate surface area is 99.9 Å². The van der Waals surface area contributed by atoms with E-state index in [1.165, 1.54) is 0 Å². The van der Waals surface area contributed by atoms with Crippen LogP contribution in [-0.4, -0.2) is 35.0 Å². The van der Waals surface area contributed by atoms with E-state index >= 15 is 0 Å². The molecular weight excluding hydrogens is 218 g/mol. The molecule has 1 aliphatic rings. The molecule has 0 saturated heterocycles. The van der Waals surface area contributed by atoms with E-state index in [-0.39, 0.29) is 12.5 Å². The Morgan fingerprint density at radius 3 is 2.88 bits per heavy atom. The highest BCUT2D eigenvalue weighted by atomic mass is 16.4. The molecule has 1 N–H and O–H groups in total. The molecule has 0 spiro atoms. The standard InChI is InChI=1S/C13H15NO3/c1-9(13(16)17)8-14-7-6-10-4-2-3-5-11(10)12(14)15/h2-5,9H,6-8H2,1H3,(H,16,17). The molecule has 1 aromatic rings. The Balaban J connectivity index is 2.15. The number of nitrogens with zero attached hydrogens (tertiary/aromatic N) is 1. The van der Waals surface area contributed by atoms with E-state index in [1.807, 2.05) is 18.2 Å². The summed E-state index contributed by atoms with van der Waals surface area (Å²) in [6.07, 6.45) is 0.800. The zero-order valence-electron chi connectivity index (χ0n) is 9.72. The molecule has 4 nitrogen and oxygen atoms in total. The zero-order valence-corrected chi connectivity index (χ0v) is 9.72. The van der Waals surface area contributed by atoms with Gasteiger partial charge in [-0.05, 0) is 18.1 Å². The van der Waals surface area contributed by atoms with E-state index in [1.54, 1.807) is 17.9 Å². The molecule has 1 heterocycles. The van der Waals surface area contributed by atoms with Crippen LogP contribution in [0.5, 0.6) is 0 Å². The van der Waals surface area contributed by atoms with Crippen molar-refractivity contribution in [2.24, 2.45) is 5.92 Å². The predicted octanol–water partition coefficient (Wildman–Crippen LogP) is 1.41. The van der Waals surface area contributed by atoms with Gasteiger partial charge in [0, 0.05) is 18.7 Å². The van der Waals surface area contributed by atoms with Crippen LogP contribution in [0.3, 0.4) is 0 Å². The third kappa shape index (κ3) is 2.30. The zero-order chi connectivity index (χ0) is 12.4. The fourth-order valence-electron chi connectivity index (χ4n) is 2.06. The van der Waals surface area contributed by atoms with Crippen molar-refractivity contribution in [1.82, 2.24) is 4.90 Å². The lowest BCUT2D eigenvalue weighted by atomic mass is 9.98. The van der Waals surface area contributed by atoms with Crippen molar-refractivity contribution in [1.29, 1.82) is 0 Å². The van der Waals surface area contributed by atoms with Gasteiger partial charge in [-0.2, -0.15) is 0 Å². The molecule has 17 heavy (non-hydrogen) atoms. The molecule has 1 unspecified atom stereocenters. The summed E-state index contributed by atoms with van der Waals surface area (Å²) >= 11 is 0. The van der Waals surface area contributed by atoms with Crippen LogP contribution in [0, 0.1) is 5.92 Å². The number of hydrogen-bond acceptors (Lipinski definition) is 2. The smallest absolute Gasteiger partial charge is 0.308 e. The average molecular weight is 233 g/mol. The lowest BCUT2D eigenvalue weighted by Gasteiger charge is -2.29. The minimum Gasteiger partial charge on any atom is -0.481 e. The second-order valence-corrected chi connectivity index (χ2v) is 4.40. The quantitative estimate of drug-likeness (QED) is 0.858. The molecule has 0 aliphatic carbocycles. The van der Waals surface area contributed by atoms with Gasteiger partial charge in [-0.3, -0.25) is 9.59 Å². The monoisotopic (exact) mass is 233 g/mol. The third-order valence-electron chi connectivity index (χ3n) is 3.10. The van der Waals surface area contributed by atoms with E-state index < -0.39 is 11.9 Å². The van der Waals surface area contributed by atoms with Crippen molar-refractivity contribution in [3.8, 4) is 0 Å². The van der Waals surface area contributed by atoms with Gasteiger partial charge < -0.3 is 10.0 Å². The van der Waals surface area contributed by atoms with Crippen LogP contribution in [0.4, 0.5) is 0 Å². The first-order valence-electron chi connectivity index (χ1n) is 5.69. The summed E-state index contributed by atoms with van der Waals surface area (Å²) < 4.78 is 0. The Morgan fingerprint density at radius 2 is 2.18 bits per heavy atom. The minimum atomic E-state index is -0.864. The maximum absolute atomic E-state index is 12.1. The summed E-state index contributed by atoms with van der Waals surface area (Å²) in [6, 6.07) is 7.50. The summed E-state index contributed by atoms with van der Waals surface area (Å²) in [4.78, 5) is 24.5. The van der Waals surface area contributed by atoms with E-state index in [9.17, 15) is 9.59 Å². The van der Waals surface area contributed by atoms with Crippen LogP contribution in [0.1, 0.15) is 22.8 Å². The molecule has 1 aromatic carbocycles. The highest BCUT2D eigenvalue weighted by molar-refractivity contribution is 5.96. The molecule has 0 saturated carbocycles. The molecule has 0 bridgehead atoms. The first-order chi connectivity index (χ1) is 8.09. The summed E-state index contributed by atoms with van der Waals surface area (Å²) in [5.41, 5.74) is 1.76. The second-order valence-electron chi connectivity index (χ2n) is 4.40. The predicted molar refractivity (Wildman–Crippen MR) is 62.8 cm³/mol. The topological polar surface area (TPSA) is 57.6 Å². The molecule has 0 radical (unpaired) electrons. The van der Waals surface area contributed by atoms with Gasteiger partial charge in [0.05, 0.1) is 5.92 Å². The normalized spacial score (nSPS) is 16.5. The maximum atomic E-state index is 12.1. The maximum Gasteiger partial charge on any atom is 0.308 e. The SMILES string of the molecule is CC(CN1CCc2ccccc2C1=O)C(=O)O. The summed E-state index contributed by atoms with van der Waals surface area (Å²) in [5.74, 6) is -1.44. The Morgan fingerprint density at radius 1 is 1.47 bits per heavy atom. The van der Waals surface area contributed by atoms with Gasteiger partial charge >= 0.3 is 5.97 Å². The van der Waals surface area contributed by atoms with Gasteiger partial charge in [-0.15, -0.1) is 0 Å². The molecule has 90 valence electrons. The van der Waals surface area contributed by atoms with Crippen molar-refractivity contribution in [2.45, 2.75) is 13.3 Å². The van der Waals surface area contributed by atoms with Crippen LogP contribution >= 0.6 is 0 Å². The van der Waals surface area contributed by atoms with E-state index in [0.29, 0.717) is 12.1 Å². The lowest BCUT2D eigenvalue weighted by Crippen LogP contribution is -2.41. The van der Waals surface area contributed by atoms with Crippen LogP contribution in [-0.2, 0) is 11.2 Å². The summed E-state index contributed by atoms with van der Waals surface area (Å²) in [5, 5.41) is 8.86. The van der Waals surface area contributed by atoms with Crippen molar-refractivity contribution >= 4 is 11.9 Å². The summed E-state index contributed by atoms with van der Waals surface area (Å²) in [7, 11) is 0. The van der Waals surface area contributed by atoms with Crippen molar-refractivity contribution in [3.63, 3.8) is 0 Å². The fraction of sp³-hybridized carbons (Fsp3) is 0.385. The first-order valence-corrected chi connectivity index (χ1v) is 5.69. The second kappa shape index (κ2) is 4.57. The van der Waals surface area contributed by atoms with Gasteiger partial charge in [0.1, 0.15) is 0 Å². The number of carbonyl (C=O) groups excluding carboxylic acids is 1. The van der Waals surface area contributed by atoms with Gasteiger partial charge in [0.25, 0.3) is 5.91 Å². The molecule has 1 atom stereocenters. The number of fused-ring (bicyclic) bond motifs is 1. The van der Waals surface area contributed by atoms with Gasteiger partial charge in [0.15, 0.2) is 0 Å². The molecule has 0 fully saturated rings. The van der Waals surface area contributed by atoms with Crippen LogP contribution in [0.25, 0.3) is 0 Å². The summed E-state index contributed by atoms with van der Waals surface area (Å²) in [6.45, 7) is 2.51. The highest BCUT2D eigenvalue weighted by Crippen LogP contribution is 2.19. The third-order valence-corrected chi connectivity index (χ3v) is 3.10. The Kier molecular flexibility index (Phi) is 3.13. The first kappa shape index (κ1) is 11.6. The number of carbonyl (C=O) groups is 2.